The van der Waals surface area contributed by atoms with E-state index in [9.17, 15) is 0 Å². The molecule has 1 N–H and O–H groups in total. The van der Waals surface area contributed by atoms with Gasteiger partial charge in [-0.1, -0.05) is 13.0 Å². The Labute approximate surface area is 67.6 Å². The summed E-state index contributed by atoms with van der Waals surface area (Å²) in [6.07, 6.45) is 1.54. The lowest BCUT2D eigenvalue weighted by Gasteiger charge is -2.18. The number of ether oxygens (including phenoxy) is 2. The molecule has 0 fully saturated rings. The molecule has 11 heavy (non-hydrogen) atoms. The van der Waals surface area contributed by atoms with Gasteiger partial charge < -0.3 is 14.6 Å². The Morgan fingerprint density at radius 1 is 1.64 bits per heavy atom. The van der Waals surface area contributed by atoms with E-state index in [1.807, 2.05) is 6.92 Å². The Hall–Kier alpha value is -0.380. The normalized spacial score (nSPS) is 15.9. The molecule has 0 rings (SSSR count). The molecule has 2 atom stereocenters. The van der Waals surface area contributed by atoms with Gasteiger partial charge in [-0.05, 0) is 0 Å². The van der Waals surface area contributed by atoms with E-state index in [1.165, 1.54) is 0 Å². The van der Waals surface area contributed by atoms with E-state index in [0.29, 0.717) is 0 Å². The van der Waals surface area contributed by atoms with Crippen LogP contribution in [0.4, 0.5) is 0 Å². The summed E-state index contributed by atoms with van der Waals surface area (Å²) in [6, 6.07) is 0. The highest BCUT2D eigenvalue weighted by molar-refractivity contribution is 4.83. The first-order chi connectivity index (χ1) is 5.26. The zero-order valence-corrected chi connectivity index (χ0v) is 7.12. The fourth-order valence-electron chi connectivity index (χ4n) is 0.715. The Morgan fingerprint density at radius 2 is 2.27 bits per heavy atom. The van der Waals surface area contributed by atoms with Crippen molar-refractivity contribution in [1.29, 1.82) is 0 Å². The fourth-order valence-corrected chi connectivity index (χ4v) is 0.715. The molecule has 0 aliphatic heterocycles. The van der Waals surface area contributed by atoms with Crippen LogP contribution in [0.5, 0.6) is 0 Å². The quantitative estimate of drug-likeness (QED) is 0.461. The van der Waals surface area contributed by atoms with Crippen molar-refractivity contribution in [1.82, 2.24) is 0 Å². The zero-order chi connectivity index (χ0) is 8.69. The Balaban J connectivity index is 3.65. The minimum Gasteiger partial charge on any atom is -0.396 e. The van der Waals surface area contributed by atoms with Gasteiger partial charge in [0.1, 0.15) is 6.79 Å². The van der Waals surface area contributed by atoms with Gasteiger partial charge in [0, 0.05) is 19.6 Å². The first-order valence-corrected chi connectivity index (χ1v) is 3.60. The second kappa shape index (κ2) is 6.34. The summed E-state index contributed by atoms with van der Waals surface area (Å²) in [5.74, 6) is 0.0719. The highest BCUT2D eigenvalue weighted by Gasteiger charge is 2.12. The summed E-state index contributed by atoms with van der Waals surface area (Å²) in [5, 5.41) is 8.77. The summed E-state index contributed by atoms with van der Waals surface area (Å²) in [5.41, 5.74) is 0. The largest absolute Gasteiger partial charge is 0.396 e. The Bertz CT molecular complexity index is 104. The SMILES string of the molecule is C=C[C@@H](OCOC)[C@H](C)CO. The third kappa shape index (κ3) is 4.14. The van der Waals surface area contributed by atoms with Crippen molar-refractivity contribution in [2.24, 2.45) is 5.92 Å². The van der Waals surface area contributed by atoms with Crippen LogP contribution in [0.2, 0.25) is 0 Å². The van der Waals surface area contributed by atoms with Crippen LogP contribution < -0.4 is 0 Å². The maximum atomic E-state index is 8.77. The molecular weight excluding hydrogens is 144 g/mol. The number of rotatable bonds is 6. The number of methoxy groups -OCH3 is 1. The molecule has 3 heteroatoms. The van der Waals surface area contributed by atoms with E-state index < -0.39 is 0 Å². The predicted molar refractivity (Wildman–Crippen MR) is 43.2 cm³/mol. The molecule has 0 bridgehead atoms. The average molecular weight is 160 g/mol. The molecule has 0 saturated carbocycles. The molecule has 0 heterocycles. The van der Waals surface area contributed by atoms with Gasteiger partial charge in [-0.15, -0.1) is 6.58 Å². The Morgan fingerprint density at radius 3 is 2.64 bits per heavy atom. The lowest BCUT2D eigenvalue weighted by Crippen LogP contribution is -2.23. The minimum atomic E-state index is -0.125. The second-order valence-electron chi connectivity index (χ2n) is 2.43. The van der Waals surface area contributed by atoms with E-state index in [0.717, 1.165) is 0 Å². The molecule has 0 aliphatic carbocycles. The number of aliphatic hydroxyl groups is 1. The maximum Gasteiger partial charge on any atom is 0.147 e. The molecule has 0 aromatic heterocycles. The highest BCUT2D eigenvalue weighted by Crippen LogP contribution is 2.07. The third-order valence-corrected chi connectivity index (χ3v) is 1.46. The van der Waals surface area contributed by atoms with E-state index in [1.54, 1.807) is 13.2 Å². The van der Waals surface area contributed by atoms with Crippen molar-refractivity contribution in [2.45, 2.75) is 13.0 Å². The van der Waals surface area contributed by atoms with Gasteiger partial charge in [-0.2, -0.15) is 0 Å². The van der Waals surface area contributed by atoms with Crippen molar-refractivity contribution < 1.29 is 14.6 Å². The molecule has 66 valence electrons. The summed E-state index contributed by atoms with van der Waals surface area (Å²) in [4.78, 5) is 0. The van der Waals surface area contributed by atoms with Crippen LogP contribution in [0.15, 0.2) is 12.7 Å². The summed E-state index contributed by atoms with van der Waals surface area (Å²) in [7, 11) is 1.56. The van der Waals surface area contributed by atoms with Crippen LogP contribution in [0.25, 0.3) is 0 Å². The standard InChI is InChI=1S/C8H16O3/c1-4-8(7(2)5-9)11-6-10-3/h4,7-9H,1,5-6H2,2-3H3/t7-,8-/m1/s1. The van der Waals surface area contributed by atoms with Crippen molar-refractivity contribution in [2.75, 3.05) is 20.5 Å². The van der Waals surface area contributed by atoms with Crippen molar-refractivity contribution in [3.63, 3.8) is 0 Å². The van der Waals surface area contributed by atoms with Gasteiger partial charge in [-0.25, -0.2) is 0 Å². The van der Waals surface area contributed by atoms with E-state index in [2.05, 4.69) is 6.58 Å². The van der Waals surface area contributed by atoms with Gasteiger partial charge in [0.25, 0.3) is 0 Å². The van der Waals surface area contributed by atoms with Crippen molar-refractivity contribution in [3.8, 4) is 0 Å². The number of hydrogen-bond acceptors (Lipinski definition) is 3. The van der Waals surface area contributed by atoms with Gasteiger partial charge in [0.15, 0.2) is 0 Å². The molecule has 0 aromatic rings. The minimum absolute atomic E-state index is 0.0719. The smallest absolute Gasteiger partial charge is 0.147 e. The van der Waals surface area contributed by atoms with Crippen molar-refractivity contribution in [3.05, 3.63) is 12.7 Å². The second-order valence-corrected chi connectivity index (χ2v) is 2.43. The maximum absolute atomic E-state index is 8.77. The molecule has 0 radical (unpaired) electrons. The predicted octanol–water partition coefficient (Wildman–Crippen LogP) is 0.790. The lowest BCUT2D eigenvalue weighted by molar-refractivity contribution is -0.0763. The molecule has 0 amide bonds. The van der Waals surface area contributed by atoms with Crippen LogP contribution >= 0.6 is 0 Å². The highest BCUT2D eigenvalue weighted by atomic mass is 16.7. The molecule has 0 aromatic carbocycles. The average Bonchev–Trinajstić information content (AvgIpc) is 2.05. The van der Waals surface area contributed by atoms with Gasteiger partial charge in [0.2, 0.25) is 0 Å². The molecule has 0 spiro atoms. The van der Waals surface area contributed by atoms with E-state index >= 15 is 0 Å². The number of hydrogen-bond donors (Lipinski definition) is 1. The summed E-state index contributed by atoms with van der Waals surface area (Å²) >= 11 is 0. The number of aliphatic hydroxyl groups excluding tert-OH is 1. The molecule has 0 aliphatic rings. The van der Waals surface area contributed by atoms with Crippen LogP contribution in [-0.4, -0.2) is 31.7 Å². The summed E-state index contributed by atoms with van der Waals surface area (Å²) in [6.45, 7) is 5.82. The van der Waals surface area contributed by atoms with Crippen molar-refractivity contribution >= 4 is 0 Å². The lowest BCUT2D eigenvalue weighted by atomic mass is 10.1. The van der Waals surface area contributed by atoms with E-state index in [-0.39, 0.29) is 25.4 Å². The molecule has 0 saturated heterocycles. The van der Waals surface area contributed by atoms with E-state index in [4.69, 9.17) is 14.6 Å². The van der Waals surface area contributed by atoms with Gasteiger partial charge >= 0.3 is 0 Å². The van der Waals surface area contributed by atoms with Crippen LogP contribution in [-0.2, 0) is 9.47 Å². The van der Waals surface area contributed by atoms with Gasteiger partial charge in [-0.3, -0.25) is 0 Å². The van der Waals surface area contributed by atoms with Crippen LogP contribution in [0, 0.1) is 5.92 Å². The van der Waals surface area contributed by atoms with Crippen LogP contribution in [0.3, 0.4) is 0 Å². The third-order valence-electron chi connectivity index (χ3n) is 1.46. The summed E-state index contributed by atoms with van der Waals surface area (Å²) < 4.78 is 9.91. The van der Waals surface area contributed by atoms with Crippen LogP contribution in [0.1, 0.15) is 6.92 Å². The molecule has 3 nitrogen and oxygen atoms in total. The molecule has 0 unspecified atom stereocenters. The zero-order valence-electron chi connectivity index (χ0n) is 7.12. The van der Waals surface area contributed by atoms with Gasteiger partial charge in [0.05, 0.1) is 6.10 Å². The molecular formula is C8H16O3. The Kier molecular flexibility index (Phi) is 6.12. The fraction of sp³-hybridized carbons (Fsp3) is 0.750. The monoisotopic (exact) mass is 160 g/mol. The first kappa shape index (κ1) is 10.6. The first-order valence-electron chi connectivity index (χ1n) is 3.60. The topological polar surface area (TPSA) is 38.7 Å².